The lowest BCUT2D eigenvalue weighted by Crippen LogP contribution is -2.07. The second-order valence-corrected chi connectivity index (χ2v) is 7.62. The Morgan fingerprint density at radius 3 is 2.73 bits per heavy atom. The van der Waals surface area contributed by atoms with Gasteiger partial charge in [0.25, 0.3) is 0 Å². The maximum absolute atomic E-state index is 13.0. The van der Waals surface area contributed by atoms with Gasteiger partial charge in [-0.25, -0.2) is 0 Å². The molecule has 0 aliphatic rings. The Bertz CT molecular complexity index is 1210. The molecule has 0 fully saturated rings. The first kappa shape index (κ1) is 19.9. The van der Waals surface area contributed by atoms with Crippen molar-refractivity contribution in [2.75, 3.05) is 12.9 Å². The van der Waals surface area contributed by atoms with Crippen molar-refractivity contribution in [3.8, 4) is 17.3 Å². The highest BCUT2D eigenvalue weighted by molar-refractivity contribution is 7.99. The zero-order chi connectivity index (χ0) is 21.3. The van der Waals surface area contributed by atoms with Crippen molar-refractivity contribution >= 4 is 17.5 Å². The van der Waals surface area contributed by atoms with Gasteiger partial charge in [0.05, 0.1) is 12.9 Å². The lowest BCUT2D eigenvalue weighted by atomic mass is 10.2. The number of para-hydroxylation sites is 2. The minimum absolute atomic E-state index is 0.0193. The zero-order valence-electron chi connectivity index (χ0n) is 17.0. The van der Waals surface area contributed by atoms with Crippen LogP contribution < -0.4 is 4.74 Å². The number of ketones is 1. The van der Waals surface area contributed by atoms with E-state index in [1.165, 1.54) is 11.8 Å². The van der Waals surface area contributed by atoms with Crippen LogP contribution in [0, 0.1) is 20.8 Å². The maximum atomic E-state index is 13.0. The number of hydrogen-bond donors (Lipinski definition) is 0. The van der Waals surface area contributed by atoms with E-state index in [0.717, 1.165) is 11.4 Å². The van der Waals surface area contributed by atoms with E-state index in [0.29, 0.717) is 33.7 Å². The molecule has 9 nitrogen and oxygen atoms in total. The molecule has 0 radical (unpaired) electrons. The van der Waals surface area contributed by atoms with Crippen LogP contribution in [0.3, 0.4) is 0 Å². The minimum Gasteiger partial charge on any atom is -0.494 e. The van der Waals surface area contributed by atoms with Gasteiger partial charge in [-0.2, -0.15) is 4.68 Å². The number of carbonyl (C=O) groups excluding carboxylic acids is 1. The van der Waals surface area contributed by atoms with Crippen molar-refractivity contribution in [3.05, 3.63) is 59.1 Å². The molecule has 0 saturated heterocycles. The normalized spacial score (nSPS) is 11.1. The number of rotatable bonds is 7. The van der Waals surface area contributed by atoms with E-state index in [1.807, 2.05) is 61.7 Å². The second kappa shape index (κ2) is 8.15. The highest BCUT2D eigenvalue weighted by Gasteiger charge is 2.20. The SMILES string of the molecule is COc1ccccc1-n1nnnc1SCC(=O)c1cc(C)n(-c2cc(C)on2)c1C. The molecule has 3 heterocycles. The van der Waals surface area contributed by atoms with Crippen LogP contribution in [0.1, 0.15) is 27.5 Å². The topological polar surface area (TPSA) is 101 Å². The van der Waals surface area contributed by atoms with Crippen molar-refractivity contribution in [2.24, 2.45) is 0 Å². The molecule has 4 aromatic rings. The lowest BCUT2D eigenvalue weighted by molar-refractivity contribution is 0.102. The molecule has 10 heteroatoms. The summed E-state index contributed by atoms with van der Waals surface area (Å²) in [5, 5.41) is 16.4. The van der Waals surface area contributed by atoms with Crippen molar-refractivity contribution in [2.45, 2.75) is 25.9 Å². The van der Waals surface area contributed by atoms with Gasteiger partial charge in [-0.3, -0.25) is 9.36 Å². The van der Waals surface area contributed by atoms with Gasteiger partial charge in [0, 0.05) is 23.0 Å². The van der Waals surface area contributed by atoms with Gasteiger partial charge in [-0.05, 0) is 49.4 Å². The third kappa shape index (κ3) is 3.61. The zero-order valence-corrected chi connectivity index (χ0v) is 17.8. The Morgan fingerprint density at radius 1 is 1.20 bits per heavy atom. The van der Waals surface area contributed by atoms with Gasteiger partial charge in [-0.15, -0.1) is 5.10 Å². The van der Waals surface area contributed by atoms with E-state index < -0.39 is 0 Å². The third-order valence-electron chi connectivity index (χ3n) is 4.66. The summed E-state index contributed by atoms with van der Waals surface area (Å²) in [6.45, 7) is 5.66. The number of carbonyl (C=O) groups is 1. The Labute approximate surface area is 177 Å². The summed E-state index contributed by atoms with van der Waals surface area (Å²) in [7, 11) is 1.59. The Hall–Kier alpha value is -3.40. The number of hydrogen-bond acceptors (Lipinski definition) is 8. The fourth-order valence-electron chi connectivity index (χ4n) is 3.29. The standard InChI is InChI=1S/C20H20N6O3S/c1-12-9-15(14(3)25(12)19-10-13(2)29-22-19)17(27)11-30-20-21-23-24-26(20)16-7-5-6-8-18(16)28-4/h5-10H,11H2,1-4H3. The molecule has 0 aliphatic heterocycles. The van der Waals surface area contributed by atoms with E-state index in [1.54, 1.807) is 11.8 Å². The summed E-state index contributed by atoms with van der Waals surface area (Å²) < 4.78 is 14.0. The van der Waals surface area contributed by atoms with Gasteiger partial charge < -0.3 is 9.26 Å². The summed E-state index contributed by atoms with van der Waals surface area (Å²) in [6, 6.07) is 11.1. The number of benzene rings is 1. The average molecular weight is 424 g/mol. The molecule has 0 N–H and O–H groups in total. The molecule has 1 aromatic carbocycles. The summed E-state index contributed by atoms with van der Waals surface area (Å²) in [4.78, 5) is 13.0. The minimum atomic E-state index is -0.0193. The first-order valence-electron chi connectivity index (χ1n) is 9.20. The number of tetrazole rings is 1. The number of aromatic nitrogens is 6. The van der Waals surface area contributed by atoms with Crippen LogP contribution in [0.4, 0.5) is 0 Å². The predicted molar refractivity (Wildman–Crippen MR) is 111 cm³/mol. The van der Waals surface area contributed by atoms with Gasteiger partial charge in [0.15, 0.2) is 11.6 Å². The van der Waals surface area contributed by atoms with Crippen LogP contribution >= 0.6 is 11.8 Å². The maximum Gasteiger partial charge on any atom is 0.214 e. The molecule has 0 amide bonds. The molecule has 0 unspecified atom stereocenters. The van der Waals surface area contributed by atoms with Crippen LogP contribution in [0.2, 0.25) is 0 Å². The predicted octanol–water partition coefficient (Wildman–Crippen LogP) is 3.35. The van der Waals surface area contributed by atoms with E-state index in [-0.39, 0.29) is 11.5 Å². The largest absolute Gasteiger partial charge is 0.494 e. The quantitative estimate of drug-likeness (QED) is 0.329. The number of methoxy groups -OCH3 is 1. The van der Waals surface area contributed by atoms with Gasteiger partial charge >= 0.3 is 0 Å². The van der Waals surface area contributed by atoms with Crippen molar-refractivity contribution in [1.82, 2.24) is 29.9 Å². The van der Waals surface area contributed by atoms with Crippen molar-refractivity contribution in [1.29, 1.82) is 0 Å². The Morgan fingerprint density at radius 2 is 2.00 bits per heavy atom. The van der Waals surface area contributed by atoms with Crippen LogP contribution in [-0.4, -0.2) is 48.6 Å². The third-order valence-corrected chi connectivity index (χ3v) is 5.58. The lowest BCUT2D eigenvalue weighted by Gasteiger charge is -2.09. The summed E-state index contributed by atoms with van der Waals surface area (Å²) in [5.41, 5.74) is 3.07. The summed E-state index contributed by atoms with van der Waals surface area (Å²) >= 11 is 1.27. The fraction of sp³-hybridized carbons (Fsp3) is 0.250. The number of nitrogens with zero attached hydrogens (tertiary/aromatic N) is 6. The van der Waals surface area contributed by atoms with E-state index in [4.69, 9.17) is 9.26 Å². The van der Waals surface area contributed by atoms with Gasteiger partial charge in [-0.1, -0.05) is 29.1 Å². The number of aryl methyl sites for hydroxylation is 2. The smallest absolute Gasteiger partial charge is 0.214 e. The first-order chi connectivity index (χ1) is 14.5. The molecule has 154 valence electrons. The van der Waals surface area contributed by atoms with E-state index in [2.05, 4.69) is 20.7 Å². The van der Waals surface area contributed by atoms with Crippen LogP contribution in [0.5, 0.6) is 5.75 Å². The molecular weight excluding hydrogens is 404 g/mol. The summed E-state index contributed by atoms with van der Waals surface area (Å²) in [6.07, 6.45) is 0. The van der Waals surface area contributed by atoms with Crippen molar-refractivity contribution in [3.63, 3.8) is 0 Å². The summed E-state index contributed by atoms with van der Waals surface area (Å²) in [5.74, 6) is 2.19. The molecule has 30 heavy (non-hydrogen) atoms. The number of Topliss-reactive ketones (excluding diaryl/α,β-unsaturated/α-hetero) is 1. The van der Waals surface area contributed by atoms with E-state index >= 15 is 0 Å². The fourth-order valence-corrected chi connectivity index (χ4v) is 4.06. The molecular formula is C20H20N6O3S. The molecule has 0 bridgehead atoms. The van der Waals surface area contributed by atoms with E-state index in [9.17, 15) is 4.79 Å². The molecule has 0 spiro atoms. The van der Waals surface area contributed by atoms with Crippen molar-refractivity contribution < 1.29 is 14.1 Å². The highest BCUT2D eigenvalue weighted by atomic mass is 32.2. The van der Waals surface area contributed by atoms with Crippen LogP contribution in [-0.2, 0) is 0 Å². The molecule has 0 saturated carbocycles. The van der Waals surface area contributed by atoms with Gasteiger partial charge in [0.2, 0.25) is 5.16 Å². The monoisotopic (exact) mass is 424 g/mol. The molecule has 0 aliphatic carbocycles. The van der Waals surface area contributed by atoms with Crippen LogP contribution in [0.25, 0.3) is 11.5 Å². The second-order valence-electron chi connectivity index (χ2n) is 6.67. The number of thioether (sulfide) groups is 1. The first-order valence-corrected chi connectivity index (χ1v) is 10.2. The van der Waals surface area contributed by atoms with Crippen LogP contribution in [0.15, 0.2) is 46.1 Å². The highest BCUT2D eigenvalue weighted by Crippen LogP contribution is 2.27. The molecule has 0 atom stereocenters. The molecule has 4 rings (SSSR count). The molecule has 3 aromatic heterocycles. The Balaban J connectivity index is 1.55. The Kier molecular flexibility index (Phi) is 5.40. The number of ether oxygens (including phenoxy) is 1. The van der Waals surface area contributed by atoms with Gasteiger partial charge in [0.1, 0.15) is 17.2 Å². The average Bonchev–Trinajstić information content (AvgIpc) is 3.45.